The second kappa shape index (κ2) is 6.16. The summed E-state index contributed by atoms with van der Waals surface area (Å²) >= 11 is 5.60. The number of benzene rings is 1. The molecule has 0 aliphatic heterocycles. The quantitative estimate of drug-likeness (QED) is 0.903. The van der Waals surface area contributed by atoms with Crippen molar-refractivity contribution in [1.82, 2.24) is 19.7 Å². The van der Waals surface area contributed by atoms with Crippen LogP contribution in [0.2, 0.25) is 5.02 Å². The molecule has 0 bridgehead atoms. The maximum Gasteiger partial charge on any atom is 0.346 e. The second-order valence-corrected chi connectivity index (χ2v) is 6.02. The molecule has 0 unspecified atom stereocenters. The third-order valence-electron chi connectivity index (χ3n) is 3.72. The first-order valence-electron chi connectivity index (χ1n) is 7.32. The molecule has 0 radical (unpaired) electrons. The van der Waals surface area contributed by atoms with Crippen molar-refractivity contribution in [2.45, 2.75) is 38.9 Å². The third kappa shape index (κ3) is 3.44. The number of rotatable bonds is 5. The lowest BCUT2D eigenvalue weighted by Crippen LogP contribution is -2.33. The molecule has 0 atom stereocenters. The third-order valence-corrected chi connectivity index (χ3v) is 4.03. The van der Waals surface area contributed by atoms with Gasteiger partial charge in [0.1, 0.15) is 18.2 Å². The fraction of sp³-hybridized carbons (Fsp3) is 0.400. The molecule has 23 heavy (non-hydrogen) atoms. The summed E-state index contributed by atoms with van der Waals surface area (Å²) in [6, 6.07) is 4.55. The van der Waals surface area contributed by atoms with Gasteiger partial charge >= 0.3 is 5.69 Å². The summed E-state index contributed by atoms with van der Waals surface area (Å²) in [5.74, 6) is -0.276. The highest BCUT2D eigenvalue weighted by atomic mass is 35.5. The Morgan fingerprint density at radius 1 is 1.48 bits per heavy atom. The molecule has 8 heteroatoms. The van der Waals surface area contributed by atoms with Crippen LogP contribution in [0.4, 0.5) is 4.39 Å². The largest absolute Gasteiger partial charge is 0.350 e. The van der Waals surface area contributed by atoms with E-state index in [1.165, 1.54) is 12.1 Å². The lowest BCUT2D eigenvalue weighted by Gasteiger charge is -2.05. The van der Waals surface area contributed by atoms with Gasteiger partial charge in [0, 0.05) is 12.6 Å². The van der Waals surface area contributed by atoms with E-state index in [1.54, 1.807) is 17.6 Å². The van der Waals surface area contributed by atoms with Crippen LogP contribution in [-0.2, 0) is 17.9 Å². The smallest absolute Gasteiger partial charge is 0.346 e. The first kappa shape index (κ1) is 15.7. The number of hydrogen-bond donors (Lipinski definition) is 1. The van der Waals surface area contributed by atoms with Gasteiger partial charge < -0.3 is 5.32 Å². The van der Waals surface area contributed by atoms with Crippen molar-refractivity contribution in [3.05, 3.63) is 50.9 Å². The molecule has 1 N–H and O–H groups in total. The van der Waals surface area contributed by atoms with E-state index < -0.39 is 5.82 Å². The molecular weight excluding hydrogens is 323 g/mol. The lowest BCUT2D eigenvalue weighted by atomic mass is 10.2. The molecule has 1 heterocycles. The number of halogens is 2. The Bertz CT molecular complexity index is 810. The van der Waals surface area contributed by atoms with Crippen LogP contribution in [0.3, 0.4) is 0 Å². The average molecular weight is 339 g/mol. The van der Waals surface area contributed by atoms with E-state index >= 15 is 0 Å². The van der Waals surface area contributed by atoms with E-state index in [0.717, 1.165) is 17.5 Å². The summed E-state index contributed by atoms with van der Waals surface area (Å²) in [6.07, 6.45) is 1.95. The van der Waals surface area contributed by atoms with Gasteiger partial charge in [-0.2, -0.15) is 5.10 Å². The van der Waals surface area contributed by atoms with Gasteiger partial charge in [-0.05, 0) is 37.5 Å². The Kier molecular flexibility index (Phi) is 4.21. The summed E-state index contributed by atoms with van der Waals surface area (Å²) in [7, 11) is 0. The van der Waals surface area contributed by atoms with E-state index in [4.69, 9.17) is 11.6 Å². The van der Waals surface area contributed by atoms with E-state index in [0.29, 0.717) is 11.4 Å². The molecule has 1 amide bonds. The zero-order chi connectivity index (χ0) is 16.6. The van der Waals surface area contributed by atoms with Crippen molar-refractivity contribution in [2.24, 2.45) is 0 Å². The van der Waals surface area contributed by atoms with Crippen LogP contribution >= 0.6 is 11.6 Å². The van der Waals surface area contributed by atoms with Crippen LogP contribution in [0.1, 0.15) is 30.3 Å². The molecule has 1 aromatic carbocycles. The first-order chi connectivity index (χ1) is 11.0. The van der Waals surface area contributed by atoms with Gasteiger partial charge in [-0.25, -0.2) is 13.9 Å². The molecule has 1 saturated carbocycles. The molecule has 2 aromatic rings. The normalized spacial score (nSPS) is 14.0. The lowest BCUT2D eigenvalue weighted by molar-refractivity contribution is -0.122. The zero-order valence-electron chi connectivity index (χ0n) is 12.6. The van der Waals surface area contributed by atoms with Gasteiger partial charge in [-0.15, -0.1) is 0 Å². The summed E-state index contributed by atoms with van der Waals surface area (Å²) < 4.78 is 16.1. The maximum absolute atomic E-state index is 13.3. The van der Waals surface area contributed by atoms with Crippen molar-refractivity contribution in [1.29, 1.82) is 0 Å². The van der Waals surface area contributed by atoms with Crippen LogP contribution in [0.15, 0.2) is 23.0 Å². The predicted octanol–water partition coefficient (Wildman–Crippen LogP) is 1.80. The van der Waals surface area contributed by atoms with E-state index in [9.17, 15) is 14.0 Å². The minimum absolute atomic E-state index is 0.0349. The number of carbonyl (C=O) groups is 1. The summed E-state index contributed by atoms with van der Waals surface area (Å²) in [4.78, 5) is 24.1. The fourth-order valence-corrected chi connectivity index (χ4v) is 2.54. The van der Waals surface area contributed by atoms with Crippen LogP contribution in [0.5, 0.6) is 0 Å². The Morgan fingerprint density at radius 2 is 2.22 bits per heavy atom. The molecule has 1 aliphatic carbocycles. The van der Waals surface area contributed by atoms with E-state index in [2.05, 4.69) is 10.4 Å². The molecule has 6 nitrogen and oxygen atoms in total. The Hall–Kier alpha value is -2.15. The molecule has 122 valence electrons. The number of nitrogens with zero attached hydrogens (tertiary/aromatic N) is 3. The van der Waals surface area contributed by atoms with Gasteiger partial charge in [0.2, 0.25) is 5.91 Å². The van der Waals surface area contributed by atoms with E-state index in [-0.39, 0.29) is 35.8 Å². The average Bonchev–Trinajstić information content (AvgIpc) is 3.28. The highest BCUT2D eigenvalue weighted by Gasteiger charge is 2.28. The Balaban J connectivity index is 1.62. The van der Waals surface area contributed by atoms with Gasteiger partial charge in [-0.1, -0.05) is 17.7 Å². The van der Waals surface area contributed by atoms with Crippen molar-refractivity contribution in [3.8, 4) is 0 Å². The number of carbonyl (C=O) groups excluding carboxylic acids is 1. The van der Waals surface area contributed by atoms with Crippen LogP contribution in [0.25, 0.3) is 0 Å². The molecule has 0 spiro atoms. The second-order valence-electron chi connectivity index (χ2n) is 5.61. The Morgan fingerprint density at radius 3 is 2.87 bits per heavy atom. The first-order valence-corrected chi connectivity index (χ1v) is 7.70. The molecule has 3 rings (SSSR count). The standard InChI is InChI=1S/C15H16ClFN4O2/c1-9-19-20(15(23)21(9)11-3-4-11)8-14(22)18-7-10-2-5-12(16)13(17)6-10/h2,5-6,11H,3-4,7-8H2,1H3,(H,18,22). The van der Waals surface area contributed by atoms with Gasteiger partial charge in [-0.3, -0.25) is 9.36 Å². The van der Waals surface area contributed by atoms with Crippen LogP contribution < -0.4 is 11.0 Å². The number of amides is 1. The minimum Gasteiger partial charge on any atom is -0.350 e. The molecular formula is C15H16ClFN4O2. The summed E-state index contributed by atoms with van der Waals surface area (Å²) in [5, 5.41) is 6.79. The SMILES string of the molecule is Cc1nn(CC(=O)NCc2ccc(Cl)c(F)c2)c(=O)n1C1CC1. The van der Waals surface area contributed by atoms with Crippen molar-refractivity contribution in [3.63, 3.8) is 0 Å². The highest BCUT2D eigenvalue weighted by molar-refractivity contribution is 6.30. The zero-order valence-corrected chi connectivity index (χ0v) is 13.3. The van der Waals surface area contributed by atoms with Crippen LogP contribution in [0, 0.1) is 12.7 Å². The van der Waals surface area contributed by atoms with Gasteiger partial charge in [0.05, 0.1) is 5.02 Å². The summed E-state index contributed by atoms with van der Waals surface area (Å²) in [6.45, 7) is 1.75. The van der Waals surface area contributed by atoms with Gasteiger partial charge in [0.15, 0.2) is 0 Å². The molecule has 1 aliphatic rings. The number of nitrogens with one attached hydrogen (secondary N) is 1. The molecule has 0 saturated heterocycles. The monoisotopic (exact) mass is 338 g/mol. The van der Waals surface area contributed by atoms with Gasteiger partial charge in [0.25, 0.3) is 0 Å². The highest BCUT2D eigenvalue weighted by Crippen LogP contribution is 2.33. The molecule has 1 aromatic heterocycles. The van der Waals surface area contributed by atoms with Crippen molar-refractivity contribution >= 4 is 17.5 Å². The minimum atomic E-state index is -0.534. The van der Waals surface area contributed by atoms with Crippen LogP contribution in [-0.4, -0.2) is 20.3 Å². The Labute approximate surface area is 136 Å². The summed E-state index contributed by atoms with van der Waals surface area (Å²) in [5.41, 5.74) is 0.324. The molecule has 1 fully saturated rings. The maximum atomic E-state index is 13.3. The number of hydrogen-bond acceptors (Lipinski definition) is 3. The number of aryl methyl sites for hydroxylation is 1. The predicted molar refractivity (Wildman–Crippen MR) is 82.8 cm³/mol. The van der Waals surface area contributed by atoms with Crippen molar-refractivity contribution in [2.75, 3.05) is 0 Å². The van der Waals surface area contributed by atoms with Crippen molar-refractivity contribution < 1.29 is 9.18 Å². The number of aromatic nitrogens is 3. The topological polar surface area (TPSA) is 68.9 Å². The fourth-order valence-electron chi connectivity index (χ4n) is 2.43. The van der Waals surface area contributed by atoms with E-state index in [1.807, 2.05) is 0 Å².